The molecule has 1 N–H and O–H groups in total. The van der Waals surface area contributed by atoms with Gasteiger partial charge in [0.1, 0.15) is 0 Å². The van der Waals surface area contributed by atoms with Gasteiger partial charge in [-0.15, -0.1) is 0 Å². The maximum Gasteiger partial charge on any atom is 0.417 e. The van der Waals surface area contributed by atoms with Crippen molar-refractivity contribution in [2.24, 2.45) is 5.92 Å². The molecule has 1 aromatic carbocycles. The van der Waals surface area contributed by atoms with Crippen LogP contribution >= 0.6 is 11.6 Å². The van der Waals surface area contributed by atoms with Crippen LogP contribution in [0.15, 0.2) is 18.2 Å². The van der Waals surface area contributed by atoms with E-state index in [1.54, 1.807) is 0 Å². The second-order valence-electron chi connectivity index (χ2n) is 6.27. The summed E-state index contributed by atoms with van der Waals surface area (Å²) < 4.78 is 38.5. The van der Waals surface area contributed by atoms with Gasteiger partial charge in [-0.2, -0.15) is 13.2 Å². The molecule has 0 atom stereocenters. The summed E-state index contributed by atoms with van der Waals surface area (Å²) in [6.45, 7) is -0.209. The Labute approximate surface area is 149 Å². The van der Waals surface area contributed by atoms with Crippen LogP contribution in [0, 0.1) is 5.92 Å². The molecule has 2 amide bonds. The Morgan fingerprint density at radius 3 is 2.48 bits per heavy atom. The molecule has 0 aromatic heterocycles. The van der Waals surface area contributed by atoms with Gasteiger partial charge in [-0.1, -0.05) is 30.9 Å². The third kappa shape index (κ3) is 5.36. The maximum absolute atomic E-state index is 12.8. The number of hydrogen-bond donors (Lipinski definition) is 1. The molecule has 0 bridgehead atoms. The maximum atomic E-state index is 12.8. The van der Waals surface area contributed by atoms with Gasteiger partial charge in [0, 0.05) is 18.7 Å². The van der Waals surface area contributed by atoms with Crippen molar-refractivity contribution in [1.29, 1.82) is 0 Å². The van der Waals surface area contributed by atoms with Gasteiger partial charge in [0.05, 0.1) is 17.1 Å². The summed E-state index contributed by atoms with van der Waals surface area (Å²) in [6, 6.07) is 3.15. The predicted molar refractivity (Wildman–Crippen MR) is 89.3 cm³/mol. The third-order valence-corrected chi connectivity index (χ3v) is 4.60. The zero-order valence-corrected chi connectivity index (χ0v) is 14.6. The normalized spacial score (nSPS) is 15.7. The largest absolute Gasteiger partial charge is 0.417 e. The lowest BCUT2D eigenvalue weighted by Gasteiger charge is -2.26. The molecule has 1 aromatic rings. The van der Waals surface area contributed by atoms with E-state index < -0.39 is 22.7 Å². The van der Waals surface area contributed by atoms with Gasteiger partial charge in [0.25, 0.3) is 0 Å². The van der Waals surface area contributed by atoms with Crippen LogP contribution in [0.1, 0.15) is 37.7 Å². The predicted octanol–water partition coefficient (Wildman–Crippen LogP) is 4.34. The van der Waals surface area contributed by atoms with E-state index in [2.05, 4.69) is 5.32 Å². The van der Waals surface area contributed by atoms with Gasteiger partial charge in [-0.3, -0.25) is 9.59 Å². The number of carbonyl (C=O) groups excluding carboxylic acids is 2. The molecular formula is C17H20ClF3N2O2. The summed E-state index contributed by atoms with van der Waals surface area (Å²) in [6.07, 6.45) is 0.147. The highest BCUT2D eigenvalue weighted by molar-refractivity contribution is 6.31. The lowest BCUT2D eigenvalue weighted by molar-refractivity contribution is -0.137. The fourth-order valence-corrected chi connectivity index (χ4v) is 3.20. The smallest absolute Gasteiger partial charge is 0.336 e. The van der Waals surface area contributed by atoms with Crippen LogP contribution in [0.5, 0.6) is 0 Å². The quantitative estimate of drug-likeness (QED) is 0.850. The lowest BCUT2D eigenvalue weighted by atomic mass is 9.88. The number of halogens is 4. The number of nitrogens with one attached hydrogen (secondary N) is 1. The van der Waals surface area contributed by atoms with Crippen LogP contribution in [0.4, 0.5) is 18.9 Å². The highest BCUT2D eigenvalue weighted by Gasteiger charge is 2.33. The first-order valence-electron chi connectivity index (χ1n) is 8.10. The van der Waals surface area contributed by atoms with Crippen LogP contribution in [0.2, 0.25) is 5.02 Å². The zero-order valence-electron chi connectivity index (χ0n) is 13.8. The molecule has 1 aliphatic rings. The zero-order chi connectivity index (χ0) is 18.6. The minimum absolute atomic E-state index is 0.0137. The first kappa shape index (κ1) is 19.6. The molecule has 4 nitrogen and oxygen atoms in total. The molecule has 0 aliphatic heterocycles. The molecule has 25 heavy (non-hydrogen) atoms. The molecular weight excluding hydrogens is 357 g/mol. The van der Waals surface area contributed by atoms with Crippen molar-refractivity contribution >= 4 is 29.1 Å². The fraction of sp³-hybridized carbons (Fsp3) is 0.529. The van der Waals surface area contributed by atoms with Crippen LogP contribution in [0.3, 0.4) is 0 Å². The highest BCUT2D eigenvalue weighted by Crippen LogP contribution is 2.36. The molecule has 1 aliphatic carbocycles. The number of alkyl halides is 3. The molecule has 1 saturated carbocycles. The van der Waals surface area contributed by atoms with Crippen LogP contribution in [-0.4, -0.2) is 30.3 Å². The second-order valence-corrected chi connectivity index (χ2v) is 6.68. The van der Waals surface area contributed by atoms with Crippen molar-refractivity contribution < 1.29 is 22.8 Å². The Balaban J connectivity index is 1.96. The average Bonchev–Trinajstić information content (AvgIpc) is 2.55. The van der Waals surface area contributed by atoms with Crippen molar-refractivity contribution in [3.05, 3.63) is 28.8 Å². The number of carbonyl (C=O) groups is 2. The van der Waals surface area contributed by atoms with E-state index in [0.29, 0.717) is 0 Å². The number of hydrogen-bond acceptors (Lipinski definition) is 2. The Kier molecular flexibility index (Phi) is 6.32. The van der Waals surface area contributed by atoms with Crippen molar-refractivity contribution in [3.8, 4) is 0 Å². The van der Waals surface area contributed by atoms with Crippen molar-refractivity contribution in [2.75, 3.05) is 18.9 Å². The first-order valence-corrected chi connectivity index (χ1v) is 8.48. The van der Waals surface area contributed by atoms with E-state index >= 15 is 0 Å². The Morgan fingerprint density at radius 2 is 1.88 bits per heavy atom. The van der Waals surface area contributed by atoms with Gasteiger partial charge in [0.2, 0.25) is 11.8 Å². The number of nitrogens with zero attached hydrogens (tertiary/aromatic N) is 1. The molecule has 1 fully saturated rings. The summed E-state index contributed by atoms with van der Waals surface area (Å²) in [4.78, 5) is 25.7. The van der Waals surface area contributed by atoms with Crippen LogP contribution in [-0.2, 0) is 15.8 Å². The van der Waals surface area contributed by atoms with Gasteiger partial charge < -0.3 is 10.2 Å². The Hall–Kier alpha value is -1.76. The summed E-state index contributed by atoms with van der Waals surface area (Å²) >= 11 is 5.54. The standard InChI is InChI=1S/C17H20ClF3N2O2/c1-23(16(25)11-5-3-2-4-6-11)10-15(24)22-12-7-8-14(18)13(9-12)17(19,20)21/h7-9,11H,2-6,10H2,1H3,(H,22,24). The van der Waals surface area contributed by atoms with E-state index in [1.165, 1.54) is 18.0 Å². The van der Waals surface area contributed by atoms with Gasteiger partial charge >= 0.3 is 6.18 Å². The molecule has 2 rings (SSSR count). The van der Waals surface area contributed by atoms with Crippen molar-refractivity contribution in [3.63, 3.8) is 0 Å². The number of anilines is 1. The SMILES string of the molecule is CN(CC(=O)Nc1ccc(Cl)c(C(F)(F)F)c1)C(=O)C1CCCCC1. The number of likely N-dealkylation sites (N-methyl/N-ethyl adjacent to an activating group) is 1. The van der Waals surface area contributed by atoms with Crippen LogP contribution < -0.4 is 5.32 Å². The minimum Gasteiger partial charge on any atom is -0.336 e. The number of benzene rings is 1. The number of amides is 2. The molecule has 0 spiro atoms. The average molecular weight is 377 g/mol. The topological polar surface area (TPSA) is 49.4 Å². The van der Waals surface area contributed by atoms with Crippen molar-refractivity contribution in [1.82, 2.24) is 4.90 Å². The number of rotatable bonds is 4. The summed E-state index contributed by atoms with van der Waals surface area (Å²) in [7, 11) is 1.53. The van der Waals surface area contributed by atoms with E-state index in [1.807, 2.05) is 0 Å². The fourth-order valence-electron chi connectivity index (χ4n) is 2.98. The molecule has 138 valence electrons. The van der Waals surface area contributed by atoms with Crippen LogP contribution in [0.25, 0.3) is 0 Å². The first-order chi connectivity index (χ1) is 11.7. The van der Waals surface area contributed by atoms with E-state index in [0.717, 1.165) is 44.2 Å². The summed E-state index contributed by atoms with van der Waals surface area (Å²) in [5.41, 5.74) is -1.03. The molecule has 8 heteroatoms. The van der Waals surface area contributed by atoms with Crippen molar-refractivity contribution in [2.45, 2.75) is 38.3 Å². The summed E-state index contributed by atoms with van der Waals surface area (Å²) in [5, 5.41) is 1.94. The van der Waals surface area contributed by atoms with Gasteiger partial charge in [0.15, 0.2) is 0 Å². The monoisotopic (exact) mass is 376 g/mol. The van der Waals surface area contributed by atoms with Gasteiger partial charge in [-0.25, -0.2) is 0 Å². The third-order valence-electron chi connectivity index (χ3n) is 4.27. The molecule has 0 saturated heterocycles. The summed E-state index contributed by atoms with van der Waals surface area (Å²) in [5.74, 6) is -0.719. The van der Waals surface area contributed by atoms with E-state index in [-0.39, 0.29) is 24.1 Å². The molecule has 0 radical (unpaired) electrons. The Morgan fingerprint density at radius 1 is 1.24 bits per heavy atom. The molecule has 0 heterocycles. The molecule has 0 unspecified atom stereocenters. The van der Waals surface area contributed by atoms with E-state index in [9.17, 15) is 22.8 Å². The Bertz CT molecular complexity index is 643. The second kappa shape index (κ2) is 8.08. The van der Waals surface area contributed by atoms with Gasteiger partial charge in [-0.05, 0) is 31.0 Å². The minimum atomic E-state index is -4.61. The lowest BCUT2D eigenvalue weighted by Crippen LogP contribution is -2.39. The van der Waals surface area contributed by atoms with E-state index in [4.69, 9.17) is 11.6 Å². The highest BCUT2D eigenvalue weighted by atomic mass is 35.5.